The molecular formula is C14H11F2NO3S2. The average molecular weight is 343 g/mol. The van der Waals surface area contributed by atoms with Crippen LogP contribution in [0.5, 0.6) is 0 Å². The van der Waals surface area contributed by atoms with E-state index < -0.39 is 26.4 Å². The molecular weight excluding hydrogens is 332 g/mol. The van der Waals surface area contributed by atoms with E-state index in [1.54, 1.807) is 12.1 Å². The van der Waals surface area contributed by atoms with Crippen molar-refractivity contribution in [3.05, 3.63) is 52.7 Å². The minimum absolute atomic E-state index is 0.177. The molecule has 4 nitrogen and oxygen atoms in total. The summed E-state index contributed by atoms with van der Waals surface area (Å²) in [5.74, 6) is -4.16. The minimum atomic E-state index is -4.78. The Morgan fingerprint density at radius 3 is 2.55 bits per heavy atom. The largest absolute Gasteiger partial charge is 0.341 e. The quantitative estimate of drug-likeness (QED) is 0.847. The first-order valence-electron chi connectivity index (χ1n) is 6.05. The topological polar surface area (TPSA) is 63.2 Å². The number of rotatable bonds is 5. The van der Waals surface area contributed by atoms with Crippen LogP contribution in [0.1, 0.15) is 4.88 Å². The molecule has 0 aliphatic heterocycles. The number of hydrogen-bond donors (Lipinski definition) is 1. The number of alkyl halides is 2. The molecule has 1 heterocycles. The number of nitrogens with one attached hydrogen (secondary N) is 1. The third-order valence-electron chi connectivity index (χ3n) is 2.63. The normalized spacial score (nSPS) is 12.0. The Morgan fingerprint density at radius 2 is 1.91 bits per heavy atom. The van der Waals surface area contributed by atoms with E-state index in [-0.39, 0.29) is 5.69 Å². The molecule has 0 unspecified atom stereocenters. The van der Waals surface area contributed by atoms with Gasteiger partial charge in [-0.15, -0.1) is 11.3 Å². The molecule has 1 aromatic carbocycles. The third-order valence-corrected chi connectivity index (χ3v) is 4.90. The second-order valence-corrected chi connectivity index (χ2v) is 7.01. The van der Waals surface area contributed by atoms with Gasteiger partial charge in [-0.2, -0.15) is 8.78 Å². The summed E-state index contributed by atoms with van der Waals surface area (Å²) in [6, 6.07) is 8.65. The van der Waals surface area contributed by atoms with Gasteiger partial charge in [-0.3, -0.25) is 4.79 Å². The monoisotopic (exact) mass is 343 g/mol. The van der Waals surface area contributed by atoms with Crippen LogP contribution in [0.25, 0.3) is 6.08 Å². The van der Waals surface area contributed by atoms with Gasteiger partial charge in [-0.25, -0.2) is 8.42 Å². The molecule has 8 heteroatoms. The lowest BCUT2D eigenvalue weighted by atomic mass is 10.3. The highest BCUT2D eigenvalue weighted by molar-refractivity contribution is 7.91. The minimum Gasteiger partial charge on any atom is -0.321 e. The molecule has 0 atom stereocenters. The molecule has 0 aliphatic rings. The van der Waals surface area contributed by atoms with Crippen LogP contribution in [-0.2, 0) is 14.6 Å². The maximum atomic E-state index is 12.6. The summed E-state index contributed by atoms with van der Waals surface area (Å²) >= 11 is 1.42. The van der Waals surface area contributed by atoms with Crippen LogP contribution in [-0.4, -0.2) is 20.1 Å². The van der Waals surface area contributed by atoms with E-state index in [0.717, 1.165) is 10.9 Å². The van der Waals surface area contributed by atoms with Crippen molar-refractivity contribution in [3.63, 3.8) is 0 Å². The van der Waals surface area contributed by atoms with Crippen LogP contribution < -0.4 is 5.32 Å². The number of halogens is 2. The molecule has 0 saturated heterocycles. The summed E-state index contributed by atoms with van der Waals surface area (Å²) in [5.41, 5.74) is -0.177. The Balaban J connectivity index is 2.22. The van der Waals surface area contributed by atoms with E-state index in [0.29, 0.717) is 0 Å². The van der Waals surface area contributed by atoms with Crippen molar-refractivity contribution < 1.29 is 22.0 Å². The van der Waals surface area contributed by atoms with Gasteiger partial charge in [0, 0.05) is 11.0 Å². The highest BCUT2D eigenvalue weighted by atomic mass is 32.2. The van der Waals surface area contributed by atoms with Gasteiger partial charge in [0.1, 0.15) is 0 Å². The first-order chi connectivity index (χ1) is 10.4. The van der Waals surface area contributed by atoms with Crippen molar-refractivity contribution in [2.24, 2.45) is 0 Å². The first-order valence-corrected chi connectivity index (χ1v) is 8.47. The van der Waals surface area contributed by atoms with E-state index in [1.165, 1.54) is 35.6 Å². The fourth-order valence-corrected chi connectivity index (χ4v) is 3.14. The average Bonchev–Trinajstić information content (AvgIpc) is 2.98. The van der Waals surface area contributed by atoms with Gasteiger partial charge in [0.15, 0.2) is 0 Å². The fraction of sp³-hybridized carbons (Fsp3) is 0.0714. The van der Waals surface area contributed by atoms with Crippen molar-refractivity contribution in [3.8, 4) is 0 Å². The van der Waals surface area contributed by atoms with Crippen LogP contribution in [0, 0.1) is 0 Å². The van der Waals surface area contributed by atoms with Crippen molar-refractivity contribution in [1.82, 2.24) is 0 Å². The zero-order valence-electron chi connectivity index (χ0n) is 11.1. The second-order valence-electron chi connectivity index (χ2n) is 4.14. The Hall–Kier alpha value is -2.06. The molecule has 0 bridgehead atoms. The molecule has 0 radical (unpaired) electrons. The lowest BCUT2D eigenvalue weighted by Crippen LogP contribution is -2.16. The molecule has 2 rings (SSSR count). The lowest BCUT2D eigenvalue weighted by molar-refractivity contribution is -0.111. The SMILES string of the molecule is O=C(/C=C/c1cccs1)Nc1ccccc1S(=O)(=O)C(F)F. The van der Waals surface area contributed by atoms with Gasteiger partial charge in [0.25, 0.3) is 0 Å². The molecule has 116 valence electrons. The molecule has 0 aliphatic carbocycles. The van der Waals surface area contributed by atoms with Crippen LogP contribution in [0.3, 0.4) is 0 Å². The molecule has 1 aromatic heterocycles. The first kappa shape index (κ1) is 16.3. The molecule has 0 spiro atoms. The molecule has 2 aromatic rings. The number of anilines is 1. The van der Waals surface area contributed by atoms with Gasteiger partial charge >= 0.3 is 5.76 Å². The Kier molecular flexibility index (Phi) is 5.04. The van der Waals surface area contributed by atoms with Crippen molar-refractivity contribution >= 4 is 38.8 Å². The summed E-state index contributed by atoms with van der Waals surface area (Å²) < 4.78 is 48.4. The Labute approximate surface area is 130 Å². The van der Waals surface area contributed by atoms with E-state index in [4.69, 9.17) is 0 Å². The number of amides is 1. The zero-order valence-corrected chi connectivity index (χ0v) is 12.7. The molecule has 0 saturated carbocycles. The van der Waals surface area contributed by atoms with Gasteiger partial charge in [-0.05, 0) is 29.7 Å². The van der Waals surface area contributed by atoms with Crippen LogP contribution in [0.15, 0.2) is 52.7 Å². The van der Waals surface area contributed by atoms with Crippen LogP contribution in [0.4, 0.5) is 14.5 Å². The predicted octanol–water partition coefficient (Wildman–Crippen LogP) is 3.40. The number of thiophene rings is 1. The summed E-state index contributed by atoms with van der Waals surface area (Å²) in [5, 5.41) is 4.14. The van der Waals surface area contributed by atoms with E-state index in [9.17, 15) is 22.0 Å². The zero-order chi connectivity index (χ0) is 16.2. The van der Waals surface area contributed by atoms with Gasteiger partial charge in [0.05, 0.1) is 10.6 Å². The molecule has 1 N–H and O–H groups in total. The highest BCUT2D eigenvalue weighted by Crippen LogP contribution is 2.26. The summed E-state index contributed by atoms with van der Waals surface area (Å²) in [4.78, 5) is 12.0. The number of benzene rings is 1. The van der Waals surface area contributed by atoms with Crippen LogP contribution >= 0.6 is 11.3 Å². The van der Waals surface area contributed by atoms with Gasteiger partial charge in [0.2, 0.25) is 15.7 Å². The predicted molar refractivity (Wildman–Crippen MR) is 81.6 cm³/mol. The van der Waals surface area contributed by atoms with Crippen molar-refractivity contribution in [2.45, 2.75) is 10.7 Å². The summed E-state index contributed by atoms with van der Waals surface area (Å²) in [6.45, 7) is 0. The fourth-order valence-electron chi connectivity index (χ4n) is 1.63. The van der Waals surface area contributed by atoms with Crippen molar-refractivity contribution in [2.75, 3.05) is 5.32 Å². The van der Waals surface area contributed by atoms with Gasteiger partial charge < -0.3 is 5.32 Å². The Bertz CT molecular complexity index is 784. The van der Waals surface area contributed by atoms with E-state index in [1.807, 2.05) is 11.4 Å². The molecule has 1 amide bonds. The second kappa shape index (κ2) is 6.80. The van der Waals surface area contributed by atoms with Crippen LogP contribution in [0.2, 0.25) is 0 Å². The maximum absolute atomic E-state index is 12.6. The lowest BCUT2D eigenvalue weighted by Gasteiger charge is -2.09. The van der Waals surface area contributed by atoms with E-state index in [2.05, 4.69) is 5.32 Å². The third kappa shape index (κ3) is 3.77. The molecule has 22 heavy (non-hydrogen) atoms. The number of para-hydroxylation sites is 1. The maximum Gasteiger partial charge on any atom is 0.341 e. The summed E-state index contributed by atoms with van der Waals surface area (Å²) in [7, 11) is -4.78. The van der Waals surface area contributed by atoms with Gasteiger partial charge in [-0.1, -0.05) is 18.2 Å². The highest BCUT2D eigenvalue weighted by Gasteiger charge is 2.29. The van der Waals surface area contributed by atoms with E-state index >= 15 is 0 Å². The number of hydrogen-bond acceptors (Lipinski definition) is 4. The number of sulfone groups is 1. The number of carbonyl (C=O) groups excluding carboxylic acids is 1. The smallest absolute Gasteiger partial charge is 0.321 e. The summed E-state index contributed by atoms with van der Waals surface area (Å²) in [6.07, 6.45) is 2.75. The Morgan fingerprint density at radius 1 is 1.18 bits per heavy atom. The standard InChI is InChI=1S/C14H11F2NO3S2/c15-14(16)22(19,20)12-6-2-1-5-11(12)17-13(18)8-7-10-4-3-9-21-10/h1-9,14H,(H,17,18)/b8-7+. The van der Waals surface area contributed by atoms with Crippen molar-refractivity contribution in [1.29, 1.82) is 0 Å². The number of carbonyl (C=O) groups is 1. The molecule has 0 fully saturated rings.